The van der Waals surface area contributed by atoms with Gasteiger partial charge in [0.1, 0.15) is 0 Å². The first-order valence-electron chi connectivity index (χ1n) is 5.60. The average Bonchev–Trinajstić information content (AvgIpc) is 2.25. The molecule has 2 N–H and O–H groups in total. The van der Waals surface area contributed by atoms with Gasteiger partial charge in [-0.25, -0.2) is 0 Å². The summed E-state index contributed by atoms with van der Waals surface area (Å²) in [4.78, 5) is 24.0. The summed E-state index contributed by atoms with van der Waals surface area (Å²) >= 11 is 0. The summed E-state index contributed by atoms with van der Waals surface area (Å²) in [6.07, 6.45) is 2.02. The van der Waals surface area contributed by atoms with Crippen LogP contribution in [0.25, 0.3) is 0 Å². The monoisotopic (exact) mass is 228 g/mol. The average molecular weight is 228 g/mol. The summed E-state index contributed by atoms with van der Waals surface area (Å²) in [5.74, 6) is 0.165. The molecule has 1 rings (SSSR count). The molecule has 2 unspecified atom stereocenters. The van der Waals surface area contributed by atoms with E-state index in [4.69, 9.17) is 5.73 Å². The Hall–Kier alpha value is -1.10. The molecule has 5 nitrogen and oxygen atoms in total. The lowest BCUT2D eigenvalue weighted by Crippen LogP contribution is -2.48. The molecular weight excluding hydrogens is 208 g/mol. The van der Waals surface area contributed by atoms with Crippen LogP contribution in [0.5, 0.6) is 0 Å². The zero-order valence-corrected chi connectivity index (χ0v) is 9.94. The van der Waals surface area contributed by atoms with Gasteiger partial charge in [-0.1, -0.05) is 0 Å². The van der Waals surface area contributed by atoms with Crippen LogP contribution in [-0.4, -0.2) is 43.0 Å². The number of methoxy groups -OCH3 is 1. The number of hydrogen-bond acceptors (Lipinski definition) is 4. The topological polar surface area (TPSA) is 72.6 Å². The van der Waals surface area contributed by atoms with Crippen LogP contribution >= 0.6 is 0 Å². The van der Waals surface area contributed by atoms with Crippen LogP contribution in [0.4, 0.5) is 0 Å². The standard InChI is InChI=1S/C11H20N2O3/c1-8(14)13-6-9(5-10(12)7-13)3-4-11(15)16-2/h9-10H,3-7,12H2,1-2H3. The predicted octanol–water partition coefficient (Wildman–Crippen LogP) is 0.135. The van der Waals surface area contributed by atoms with E-state index in [2.05, 4.69) is 4.74 Å². The number of carbonyl (C=O) groups excluding carboxylic acids is 2. The second kappa shape index (κ2) is 5.84. The first kappa shape index (κ1) is 13.0. The summed E-state index contributed by atoms with van der Waals surface area (Å²) in [6, 6.07) is 0.0281. The molecule has 5 heteroatoms. The van der Waals surface area contributed by atoms with Crippen molar-refractivity contribution in [3.8, 4) is 0 Å². The molecule has 2 atom stereocenters. The minimum Gasteiger partial charge on any atom is -0.469 e. The maximum absolute atomic E-state index is 11.3. The van der Waals surface area contributed by atoms with Crippen LogP contribution < -0.4 is 5.73 Å². The molecule has 0 spiro atoms. The van der Waals surface area contributed by atoms with Gasteiger partial charge in [0.15, 0.2) is 0 Å². The van der Waals surface area contributed by atoms with Crippen LogP contribution in [0.2, 0.25) is 0 Å². The van der Waals surface area contributed by atoms with E-state index >= 15 is 0 Å². The summed E-state index contributed by atoms with van der Waals surface area (Å²) < 4.78 is 4.59. The van der Waals surface area contributed by atoms with E-state index in [9.17, 15) is 9.59 Å². The number of ether oxygens (including phenoxy) is 1. The number of hydrogen-bond donors (Lipinski definition) is 1. The maximum Gasteiger partial charge on any atom is 0.305 e. The molecule has 1 aliphatic rings. The van der Waals surface area contributed by atoms with Crippen molar-refractivity contribution >= 4 is 11.9 Å². The van der Waals surface area contributed by atoms with Crippen molar-refractivity contribution in [2.75, 3.05) is 20.2 Å². The Balaban J connectivity index is 2.41. The van der Waals surface area contributed by atoms with Crippen molar-refractivity contribution in [3.05, 3.63) is 0 Å². The quantitative estimate of drug-likeness (QED) is 0.697. The van der Waals surface area contributed by atoms with E-state index < -0.39 is 0 Å². The number of rotatable bonds is 3. The normalized spacial score (nSPS) is 25.3. The van der Waals surface area contributed by atoms with Crippen molar-refractivity contribution in [1.29, 1.82) is 0 Å². The highest BCUT2D eigenvalue weighted by atomic mass is 16.5. The third-order valence-corrected chi connectivity index (χ3v) is 3.00. The molecule has 0 aliphatic carbocycles. The van der Waals surface area contributed by atoms with Crippen molar-refractivity contribution in [1.82, 2.24) is 4.90 Å². The Morgan fingerprint density at radius 3 is 2.69 bits per heavy atom. The lowest BCUT2D eigenvalue weighted by atomic mass is 9.91. The van der Waals surface area contributed by atoms with Gasteiger partial charge < -0.3 is 15.4 Å². The van der Waals surface area contributed by atoms with Gasteiger partial charge >= 0.3 is 5.97 Å². The third-order valence-electron chi connectivity index (χ3n) is 3.00. The fourth-order valence-electron chi connectivity index (χ4n) is 2.14. The highest BCUT2D eigenvalue weighted by Crippen LogP contribution is 2.20. The van der Waals surface area contributed by atoms with Gasteiger partial charge in [-0.05, 0) is 18.8 Å². The molecule has 92 valence electrons. The molecule has 0 aromatic carbocycles. The summed E-state index contributed by atoms with van der Waals surface area (Å²) in [6.45, 7) is 2.89. The molecular formula is C11H20N2O3. The number of piperidine rings is 1. The second-order valence-electron chi connectivity index (χ2n) is 4.40. The Morgan fingerprint density at radius 2 is 2.12 bits per heavy atom. The van der Waals surface area contributed by atoms with Crippen molar-refractivity contribution in [2.45, 2.75) is 32.2 Å². The Labute approximate surface area is 95.9 Å². The molecule has 1 heterocycles. The summed E-state index contributed by atoms with van der Waals surface area (Å²) in [5, 5.41) is 0. The zero-order chi connectivity index (χ0) is 12.1. The highest BCUT2D eigenvalue weighted by Gasteiger charge is 2.26. The van der Waals surface area contributed by atoms with Crippen LogP contribution in [-0.2, 0) is 14.3 Å². The molecule has 1 saturated heterocycles. The van der Waals surface area contributed by atoms with E-state index in [0.29, 0.717) is 25.4 Å². The van der Waals surface area contributed by atoms with Crippen LogP contribution in [0.15, 0.2) is 0 Å². The fraction of sp³-hybridized carbons (Fsp3) is 0.818. The number of likely N-dealkylation sites (tertiary alicyclic amines) is 1. The van der Waals surface area contributed by atoms with Gasteiger partial charge in [0, 0.05) is 32.5 Å². The first-order valence-corrected chi connectivity index (χ1v) is 5.60. The van der Waals surface area contributed by atoms with E-state index in [1.807, 2.05) is 0 Å². The van der Waals surface area contributed by atoms with Crippen LogP contribution in [0.1, 0.15) is 26.2 Å². The molecule has 0 radical (unpaired) electrons. The fourth-order valence-corrected chi connectivity index (χ4v) is 2.14. The zero-order valence-electron chi connectivity index (χ0n) is 9.94. The molecule has 0 aromatic heterocycles. The van der Waals surface area contributed by atoms with Gasteiger partial charge in [0.25, 0.3) is 0 Å². The minimum absolute atomic E-state index is 0.0281. The van der Waals surface area contributed by atoms with E-state index in [1.54, 1.807) is 11.8 Å². The largest absolute Gasteiger partial charge is 0.469 e. The first-order chi connectivity index (χ1) is 7.52. The minimum atomic E-state index is -0.200. The second-order valence-corrected chi connectivity index (χ2v) is 4.40. The lowest BCUT2D eigenvalue weighted by molar-refractivity contribution is -0.141. The summed E-state index contributed by atoms with van der Waals surface area (Å²) in [7, 11) is 1.39. The molecule has 1 fully saturated rings. The van der Waals surface area contributed by atoms with E-state index in [1.165, 1.54) is 7.11 Å². The van der Waals surface area contributed by atoms with Crippen molar-refractivity contribution in [3.63, 3.8) is 0 Å². The lowest BCUT2D eigenvalue weighted by Gasteiger charge is -2.35. The van der Waals surface area contributed by atoms with Gasteiger partial charge in [-0.3, -0.25) is 9.59 Å². The molecule has 1 aliphatic heterocycles. The van der Waals surface area contributed by atoms with Gasteiger partial charge in [-0.15, -0.1) is 0 Å². The van der Waals surface area contributed by atoms with Crippen LogP contribution in [0, 0.1) is 5.92 Å². The molecule has 16 heavy (non-hydrogen) atoms. The SMILES string of the molecule is COC(=O)CCC1CC(N)CN(C(C)=O)C1. The smallest absolute Gasteiger partial charge is 0.305 e. The molecule has 0 aromatic rings. The van der Waals surface area contributed by atoms with E-state index in [0.717, 1.165) is 12.8 Å². The maximum atomic E-state index is 11.3. The Bertz CT molecular complexity index is 268. The third kappa shape index (κ3) is 3.81. The van der Waals surface area contributed by atoms with Gasteiger partial charge in [0.05, 0.1) is 7.11 Å². The number of amides is 1. The van der Waals surface area contributed by atoms with Crippen LogP contribution in [0.3, 0.4) is 0 Å². The summed E-state index contributed by atoms with van der Waals surface area (Å²) in [5.41, 5.74) is 5.88. The van der Waals surface area contributed by atoms with Gasteiger partial charge in [-0.2, -0.15) is 0 Å². The Kier molecular flexibility index (Phi) is 4.73. The van der Waals surface area contributed by atoms with Crippen molar-refractivity contribution < 1.29 is 14.3 Å². The molecule has 0 bridgehead atoms. The molecule has 1 amide bonds. The highest BCUT2D eigenvalue weighted by molar-refractivity contribution is 5.73. The van der Waals surface area contributed by atoms with Crippen molar-refractivity contribution in [2.24, 2.45) is 11.7 Å². The Morgan fingerprint density at radius 1 is 1.44 bits per heavy atom. The number of nitrogens with two attached hydrogens (primary N) is 1. The predicted molar refractivity (Wildman–Crippen MR) is 59.6 cm³/mol. The van der Waals surface area contributed by atoms with Gasteiger partial charge in [0.2, 0.25) is 5.91 Å². The number of nitrogens with zero attached hydrogens (tertiary/aromatic N) is 1. The number of esters is 1. The number of carbonyl (C=O) groups is 2. The van der Waals surface area contributed by atoms with E-state index in [-0.39, 0.29) is 17.9 Å². The molecule has 0 saturated carbocycles.